The summed E-state index contributed by atoms with van der Waals surface area (Å²) in [5.74, 6) is -7.38. The Kier molecular flexibility index (Phi) is 7.31. The van der Waals surface area contributed by atoms with Crippen LogP contribution < -0.4 is 11.1 Å². The summed E-state index contributed by atoms with van der Waals surface area (Å²) in [5.41, 5.74) is 5.62. The van der Waals surface area contributed by atoms with E-state index in [2.05, 4.69) is 10.5 Å². The highest BCUT2D eigenvalue weighted by Gasteiger charge is 2.63. The van der Waals surface area contributed by atoms with Crippen molar-refractivity contribution in [2.45, 2.75) is 51.7 Å². The molecule has 1 amide bonds. The van der Waals surface area contributed by atoms with E-state index in [9.17, 15) is 34.8 Å². The molecule has 11 nitrogen and oxygen atoms in total. The molecule has 3 aromatic rings. The lowest BCUT2D eigenvalue weighted by atomic mass is 9.54. The zero-order chi connectivity index (χ0) is 32.4. The van der Waals surface area contributed by atoms with Gasteiger partial charge in [0.1, 0.15) is 28.8 Å². The zero-order valence-corrected chi connectivity index (χ0v) is 25.1. The molecule has 0 radical (unpaired) electrons. The van der Waals surface area contributed by atoms with Crippen LogP contribution in [0.4, 0.5) is 5.69 Å². The number of aromatic nitrogens is 1. The number of carbonyl (C=O) groups excluding carboxylic acids is 3. The Hall–Kier alpha value is -4.90. The molecule has 234 valence electrons. The standard InChI is InChI=1S/C34H35N3O8/c1-15(2)12-22-29(39)27(33(35)43)32(42)28-31(41)25-18(14-34(22,28)44)13-21-20(8-9-23(38)26(21)30(25)40)17-4-6-19(7-5-17)37-16(3)24-10-11-36-45-24/h4-11,15-16,18,22,28,37-40,44H,12-14H2,1-3H3,(H2,35,43)/t16?,18?,22-,28?,34-/m1/s1. The number of primary amides is 1. The number of rotatable bonds is 7. The summed E-state index contributed by atoms with van der Waals surface area (Å²) in [5, 5.41) is 52.7. The number of aliphatic hydroxyl groups is 3. The van der Waals surface area contributed by atoms with E-state index >= 15 is 0 Å². The first-order valence-electron chi connectivity index (χ1n) is 14.9. The summed E-state index contributed by atoms with van der Waals surface area (Å²) in [7, 11) is 0. The molecule has 2 aromatic carbocycles. The maximum Gasteiger partial charge on any atom is 0.255 e. The first-order valence-corrected chi connectivity index (χ1v) is 14.9. The second-order valence-electron chi connectivity index (χ2n) is 12.7. The van der Waals surface area contributed by atoms with Gasteiger partial charge in [-0.1, -0.05) is 37.2 Å². The number of nitrogens with two attached hydrogens (primary N) is 1. The third-order valence-corrected chi connectivity index (χ3v) is 9.36. The first kappa shape index (κ1) is 30.1. The zero-order valence-electron chi connectivity index (χ0n) is 25.1. The summed E-state index contributed by atoms with van der Waals surface area (Å²) < 4.78 is 5.23. The number of phenols is 1. The van der Waals surface area contributed by atoms with Gasteiger partial charge in [0, 0.05) is 23.2 Å². The number of fused-ring (bicyclic) bond motifs is 3. The van der Waals surface area contributed by atoms with Crippen molar-refractivity contribution in [1.82, 2.24) is 5.16 Å². The third-order valence-electron chi connectivity index (χ3n) is 9.36. The summed E-state index contributed by atoms with van der Waals surface area (Å²) in [6, 6.07) is 12.4. The van der Waals surface area contributed by atoms with Crippen molar-refractivity contribution < 1.29 is 39.3 Å². The fraction of sp³-hybridized carbons (Fsp3) is 0.353. The molecule has 1 aromatic heterocycles. The van der Waals surface area contributed by atoms with Crippen LogP contribution in [0.1, 0.15) is 56.5 Å². The quantitative estimate of drug-likeness (QED) is 0.163. The number of aromatic hydroxyl groups is 1. The van der Waals surface area contributed by atoms with Crippen LogP contribution in [0.2, 0.25) is 0 Å². The van der Waals surface area contributed by atoms with Gasteiger partial charge in [0.05, 0.1) is 23.4 Å². The number of nitrogens with one attached hydrogen (secondary N) is 1. The molecular formula is C34H35N3O8. The normalized spacial score (nSPS) is 25.1. The van der Waals surface area contributed by atoms with Gasteiger partial charge in [0.25, 0.3) is 5.91 Å². The molecule has 6 rings (SSSR count). The minimum Gasteiger partial charge on any atom is -0.511 e. The average Bonchev–Trinajstić information content (AvgIpc) is 3.51. The summed E-state index contributed by atoms with van der Waals surface area (Å²) in [6.07, 6.45) is 1.79. The lowest BCUT2D eigenvalue weighted by Gasteiger charge is -2.50. The lowest BCUT2D eigenvalue weighted by molar-refractivity contribution is -0.157. The van der Waals surface area contributed by atoms with Crippen molar-refractivity contribution >= 4 is 28.9 Å². The molecule has 0 saturated heterocycles. The molecular weight excluding hydrogens is 578 g/mol. The number of ketones is 2. The molecule has 5 atom stereocenters. The van der Waals surface area contributed by atoms with Gasteiger partial charge in [-0.05, 0) is 72.9 Å². The molecule has 7 N–H and O–H groups in total. The van der Waals surface area contributed by atoms with Gasteiger partial charge in [-0.15, -0.1) is 0 Å². The molecule has 11 heteroatoms. The Balaban J connectivity index is 1.41. The maximum absolute atomic E-state index is 14.1. The second-order valence-corrected chi connectivity index (χ2v) is 12.7. The number of carbonyl (C=O) groups is 3. The van der Waals surface area contributed by atoms with Gasteiger partial charge < -0.3 is 36.0 Å². The predicted molar refractivity (Wildman–Crippen MR) is 164 cm³/mol. The minimum absolute atomic E-state index is 0.0728. The van der Waals surface area contributed by atoms with Crippen molar-refractivity contribution in [3.63, 3.8) is 0 Å². The number of allylic oxidation sites excluding steroid dienone is 1. The Labute approximate surface area is 259 Å². The van der Waals surface area contributed by atoms with Crippen LogP contribution in [0.25, 0.3) is 16.9 Å². The highest BCUT2D eigenvalue weighted by molar-refractivity contribution is 6.29. The third kappa shape index (κ3) is 4.78. The van der Waals surface area contributed by atoms with Crippen LogP contribution in [-0.2, 0) is 20.8 Å². The van der Waals surface area contributed by atoms with E-state index in [0.29, 0.717) is 16.9 Å². The molecule has 0 aliphatic heterocycles. The first-order chi connectivity index (χ1) is 21.3. The number of amides is 1. The van der Waals surface area contributed by atoms with E-state index < -0.39 is 57.9 Å². The van der Waals surface area contributed by atoms with E-state index in [-0.39, 0.29) is 48.1 Å². The van der Waals surface area contributed by atoms with E-state index in [1.165, 1.54) is 6.07 Å². The largest absolute Gasteiger partial charge is 0.511 e. The highest BCUT2D eigenvalue weighted by Crippen LogP contribution is 2.55. The minimum atomic E-state index is -2.02. The topological polar surface area (TPSA) is 196 Å². The number of phenolic OH excluding ortho intramolecular Hbond substituents is 1. The van der Waals surface area contributed by atoms with Gasteiger partial charge in [-0.3, -0.25) is 14.4 Å². The maximum atomic E-state index is 14.1. The molecule has 1 saturated carbocycles. The average molecular weight is 614 g/mol. The smallest absolute Gasteiger partial charge is 0.255 e. The van der Waals surface area contributed by atoms with Crippen molar-refractivity contribution in [3.8, 4) is 16.9 Å². The number of nitrogens with zero attached hydrogens (tertiary/aromatic N) is 1. The van der Waals surface area contributed by atoms with E-state index in [0.717, 1.165) is 11.3 Å². The van der Waals surface area contributed by atoms with Gasteiger partial charge in [-0.2, -0.15) is 0 Å². The molecule has 3 unspecified atom stereocenters. The van der Waals surface area contributed by atoms with Gasteiger partial charge in [0.2, 0.25) is 0 Å². The second kappa shape index (κ2) is 10.9. The van der Waals surface area contributed by atoms with Gasteiger partial charge in [-0.25, -0.2) is 0 Å². The molecule has 3 aliphatic carbocycles. The summed E-state index contributed by atoms with van der Waals surface area (Å²) in [6.45, 7) is 5.65. The Morgan fingerprint density at radius 1 is 1.07 bits per heavy atom. The molecule has 1 fully saturated rings. The van der Waals surface area contributed by atoms with Crippen LogP contribution in [0.3, 0.4) is 0 Å². The van der Waals surface area contributed by atoms with Gasteiger partial charge in [0.15, 0.2) is 17.3 Å². The number of benzene rings is 2. The fourth-order valence-electron chi connectivity index (χ4n) is 7.37. The predicted octanol–water partition coefficient (Wildman–Crippen LogP) is 4.52. The van der Waals surface area contributed by atoms with Crippen LogP contribution in [0, 0.1) is 23.7 Å². The van der Waals surface area contributed by atoms with Crippen LogP contribution in [0.15, 0.2) is 70.1 Å². The summed E-state index contributed by atoms with van der Waals surface area (Å²) >= 11 is 0. The van der Waals surface area contributed by atoms with Crippen molar-refractivity contribution in [2.75, 3.05) is 5.32 Å². The molecule has 3 aliphatic rings. The van der Waals surface area contributed by atoms with Gasteiger partial charge >= 0.3 is 0 Å². The SMILES string of the molecule is CC(C)C[C@@H]1C(O)=C(C(N)=O)C(=O)C2C(=O)C3=C(O)c4c(O)ccc(-c5ccc(NC(C)c6ccno6)cc5)c4CC3C[C@]21O. The highest BCUT2D eigenvalue weighted by atomic mass is 16.5. The molecule has 1 heterocycles. The van der Waals surface area contributed by atoms with Crippen LogP contribution >= 0.6 is 0 Å². The lowest BCUT2D eigenvalue weighted by Crippen LogP contribution is -2.62. The van der Waals surface area contributed by atoms with Crippen LogP contribution in [0.5, 0.6) is 5.75 Å². The van der Waals surface area contributed by atoms with Crippen molar-refractivity contribution in [2.24, 2.45) is 29.4 Å². The molecule has 0 bridgehead atoms. The molecule has 45 heavy (non-hydrogen) atoms. The number of anilines is 1. The summed E-state index contributed by atoms with van der Waals surface area (Å²) in [4.78, 5) is 39.8. The van der Waals surface area contributed by atoms with E-state index in [1.807, 2.05) is 45.0 Å². The number of aliphatic hydroxyl groups excluding tert-OH is 2. The number of hydrogen-bond acceptors (Lipinski definition) is 10. The van der Waals surface area contributed by atoms with E-state index in [4.69, 9.17) is 10.3 Å². The van der Waals surface area contributed by atoms with Crippen molar-refractivity contribution in [1.29, 1.82) is 0 Å². The Bertz CT molecular complexity index is 1770. The van der Waals surface area contributed by atoms with Crippen molar-refractivity contribution in [3.05, 3.63) is 82.5 Å². The van der Waals surface area contributed by atoms with Crippen LogP contribution in [-0.4, -0.2) is 48.7 Å². The number of hydrogen-bond donors (Lipinski definition) is 6. The van der Waals surface area contributed by atoms with E-state index in [1.54, 1.807) is 18.3 Å². The fourth-order valence-corrected chi connectivity index (χ4v) is 7.37. The Morgan fingerprint density at radius 2 is 1.78 bits per heavy atom. The Morgan fingerprint density at radius 3 is 2.40 bits per heavy atom. The molecule has 0 spiro atoms. The number of Topliss-reactive ketones (excluding diaryl/α,β-unsaturated/α-hetero) is 2. The monoisotopic (exact) mass is 613 g/mol.